The van der Waals surface area contributed by atoms with Gasteiger partial charge in [-0.3, -0.25) is 0 Å². The molecule has 1 aliphatic rings. The summed E-state index contributed by atoms with van der Waals surface area (Å²) in [5, 5.41) is 7.49. The number of piperidine rings is 1. The van der Waals surface area contributed by atoms with Crippen LogP contribution in [0, 0.1) is 0 Å². The molecule has 0 amide bonds. The van der Waals surface area contributed by atoms with Gasteiger partial charge in [-0.25, -0.2) is 0 Å². The van der Waals surface area contributed by atoms with E-state index >= 15 is 0 Å². The monoisotopic (exact) mass is 240 g/mol. The molecule has 1 saturated heterocycles. The second kappa shape index (κ2) is 5.41. The smallest absolute Gasteiger partial charge is 0.160 e. The summed E-state index contributed by atoms with van der Waals surface area (Å²) in [6, 6.07) is 6.29. The summed E-state index contributed by atoms with van der Waals surface area (Å²) < 4.78 is 5.31. The van der Waals surface area contributed by atoms with Crippen LogP contribution in [-0.4, -0.2) is 26.2 Å². The summed E-state index contributed by atoms with van der Waals surface area (Å²) in [5.41, 5.74) is 0.988. The van der Waals surface area contributed by atoms with Gasteiger partial charge in [-0.1, -0.05) is 17.7 Å². The van der Waals surface area contributed by atoms with Crippen molar-refractivity contribution >= 4 is 17.3 Å². The van der Waals surface area contributed by atoms with Crippen molar-refractivity contribution in [3.8, 4) is 5.75 Å². The standard InChI is InChI=1S/C12H17ClN2O/c1-16-12-10(13)3-2-4-11(12)15-9-5-7-14-8-6-9/h2-4,9,14-15H,5-8H2,1H3. The minimum Gasteiger partial charge on any atom is -0.493 e. The Bertz CT molecular complexity index is 351. The molecule has 4 heteroatoms. The number of rotatable bonds is 3. The molecular weight excluding hydrogens is 224 g/mol. The van der Waals surface area contributed by atoms with Gasteiger partial charge >= 0.3 is 0 Å². The highest BCUT2D eigenvalue weighted by Gasteiger charge is 2.15. The van der Waals surface area contributed by atoms with Crippen LogP contribution in [0.3, 0.4) is 0 Å². The predicted octanol–water partition coefficient (Wildman–Crippen LogP) is 2.51. The highest BCUT2D eigenvalue weighted by molar-refractivity contribution is 6.32. The molecule has 16 heavy (non-hydrogen) atoms. The molecule has 2 N–H and O–H groups in total. The first-order valence-electron chi connectivity index (χ1n) is 5.61. The van der Waals surface area contributed by atoms with Crippen LogP contribution in [0.5, 0.6) is 5.75 Å². The van der Waals surface area contributed by atoms with Crippen LogP contribution in [0.4, 0.5) is 5.69 Å². The Labute approximate surface area is 101 Å². The van der Waals surface area contributed by atoms with E-state index in [1.807, 2.05) is 18.2 Å². The summed E-state index contributed by atoms with van der Waals surface area (Å²) >= 11 is 6.07. The van der Waals surface area contributed by atoms with Gasteiger partial charge in [0.15, 0.2) is 5.75 Å². The molecule has 1 fully saturated rings. The number of halogens is 1. The van der Waals surface area contributed by atoms with Gasteiger partial charge in [0.05, 0.1) is 17.8 Å². The molecule has 1 heterocycles. The van der Waals surface area contributed by atoms with Crippen LogP contribution in [0.1, 0.15) is 12.8 Å². The van der Waals surface area contributed by atoms with Gasteiger partial charge < -0.3 is 15.4 Å². The van der Waals surface area contributed by atoms with Crippen LogP contribution >= 0.6 is 11.6 Å². The van der Waals surface area contributed by atoms with Gasteiger partial charge in [0.25, 0.3) is 0 Å². The van der Waals surface area contributed by atoms with E-state index in [9.17, 15) is 0 Å². The van der Waals surface area contributed by atoms with Gasteiger partial charge in [0.1, 0.15) is 0 Å². The maximum absolute atomic E-state index is 6.07. The van der Waals surface area contributed by atoms with Crippen LogP contribution in [-0.2, 0) is 0 Å². The molecule has 1 aromatic rings. The van der Waals surface area contributed by atoms with Crippen molar-refractivity contribution in [3.63, 3.8) is 0 Å². The molecule has 0 radical (unpaired) electrons. The fourth-order valence-corrected chi connectivity index (χ4v) is 2.27. The van der Waals surface area contributed by atoms with Crippen LogP contribution in [0.25, 0.3) is 0 Å². The lowest BCUT2D eigenvalue weighted by molar-refractivity contribution is 0.414. The summed E-state index contributed by atoms with van der Waals surface area (Å²) in [4.78, 5) is 0. The van der Waals surface area contributed by atoms with Gasteiger partial charge in [0.2, 0.25) is 0 Å². The zero-order valence-electron chi connectivity index (χ0n) is 9.42. The highest BCUT2D eigenvalue weighted by atomic mass is 35.5. The second-order valence-corrected chi connectivity index (χ2v) is 4.40. The Morgan fingerprint density at radius 1 is 1.38 bits per heavy atom. The van der Waals surface area contributed by atoms with E-state index < -0.39 is 0 Å². The number of methoxy groups -OCH3 is 1. The first-order chi connectivity index (χ1) is 7.81. The zero-order chi connectivity index (χ0) is 11.4. The Balaban J connectivity index is 2.10. The maximum Gasteiger partial charge on any atom is 0.160 e. The highest BCUT2D eigenvalue weighted by Crippen LogP contribution is 2.33. The van der Waals surface area contributed by atoms with Crippen molar-refractivity contribution in [1.82, 2.24) is 5.32 Å². The largest absolute Gasteiger partial charge is 0.493 e. The normalized spacial score (nSPS) is 17.1. The molecule has 0 atom stereocenters. The van der Waals surface area contributed by atoms with E-state index in [1.54, 1.807) is 7.11 Å². The molecule has 2 rings (SSSR count). The molecule has 3 nitrogen and oxygen atoms in total. The Kier molecular flexibility index (Phi) is 3.91. The summed E-state index contributed by atoms with van der Waals surface area (Å²) in [7, 11) is 1.65. The third-order valence-electron chi connectivity index (χ3n) is 2.87. The van der Waals surface area contributed by atoms with E-state index in [0.29, 0.717) is 11.1 Å². The first-order valence-corrected chi connectivity index (χ1v) is 5.99. The molecular formula is C12H17ClN2O. The Morgan fingerprint density at radius 2 is 2.12 bits per heavy atom. The van der Waals surface area contributed by atoms with Crippen molar-refractivity contribution in [1.29, 1.82) is 0 Å². The first kappa shape index (κ1) is 11.6. The number of nitrogens with one attached hydrogen (secondary N) is 2. The maximum atomic E-state index is 6.07. The number of ether oxygens (including phenoxy) is 1. The molecule has 88 valence electrons. The second-order valence-electron chi connectivity index (χ2n) is 3.99. The van der Waals surface area contributed by atoms with Crippen molar-refractivity contribution in [2.24, 2.45) is 0 Å². The van der Waals surface area contributed by atoms with Crippen molar-refractivity contribution in [2.75, 3.05) is 25.5 Å². The third-order valence-corrected chi connectivity index (χ3v) is 3.17. The van der Waals surface area contributed by atoms with Gasteiger partial charge in [0, 0.05) is 6.04 Å². The predicted molar refractivity (Wildman–Crippen MR) is 67.5 cm³/mol. The van der Waals surface area contributed by atoms with Crippen molar-refractivity contribution < 1.29 is 4.74 Å². The Morgan fingerprint density at radius 3 is 2.81 bits per heavy atom. The number of hydrogen-bond donors (Lipinski definition) is 2. The lowest BCUT2D eigenvalue weighted by Gasteiger charge is -2.25. The van der Waals surface area contributed by atoms with Crippen molar-refractivity contribution in [2.45, 2.75) is 18.9 Å². The summed E-state index contributed by atoms with van der Waals surface area (Å²) in [5.74, 6) is 0.739. The van der Waals surface area contributed by atoms with Gasteiger partial charge in [-0.05, 0) is 38.1 Å². The molecule has 0 unspecified atom stereocenters. The van der Waals surface area contributed by atoms with Gasteiger partial charge in [-0.2, -0.15) is 0 Å². The van der Waals surface area contributed by atoms with E-state index in [4.69, 9.17) is 16.3 Å². The molecule has 0 spiro atoms. The third kappa shape index (κ3) is 2.60. The molecule has 0 aliphatic carbocycles. The fraction of sp³-hybridized carbons (Fsp3) is 0.500. The molecule has 1 aliphatic heterocycles. The van der Waals surface area contributed by atoms with Crippen LogP contribution < -0.4 is 15.4 Å². The summed E-state index contributed by atoms with van der Waals surface area (Å²) in [6.07, 6.45) is 2.27. The molecule has 0 bridgehead atoms. The number of anilines is 1. The lowest BCUT2D eigenvalue weighted by atomic mass is 10.1. The molecule has 0 aromatic heterocycles. The molecule has 1 aromatic carbocycles. The average Bonchev–Trinajstić information content (AvgIpc) is 2.31. The van der Waals surface area contributed by atoms with E-state index in [-0.39, 0.29) is 0 Å². The Hall–Kier alpha value is -0.930. The van der Waals surface area contributed by atoms with Crippen molar-refractivity contribution in [3.05, 3.63) is 23.2 Å². The minimum atomic E-state index is 0.508. The average molecular weight is 241 g/mol. The van der Waals surface area contributed by atoms with E-state index in [2.05, 4.69) is 10.6 Å². The summed E-state index contributed by atoms with van der Waals surface area (Å²) in [6.45, 7) is 2.14. The zero-order valence-corrected chi connectivity index (χ0v) is 10.2. The fourth-order valence-electron chi connectivity index (χ4n) is 2.02. The lowest BCUT2D eigenvalue weighted by Crippen LogP contribution is -2.35. The number of hydrogen-bond acceptors (Lipinski definition) is 3. The molecule has 0 saturated carbocycles. The van der Waals surface area contributed by atoms with Crippen LogP contribution in [0.2, 0.25) is 5.02 Å². The van der Waals surface area contributed by atoms with E-state index in [0.717, 1.165) is 37.4 Å². The minimum absolute atomic E-state index is 0.508. The number of benzene rings is 1. The quantitative estimate of drug-likeness (QED) is 0.852. The van der Waals surface area contributed by atoms with Gasteiger partial charge in [-0.15, -0.1) is 0 Å². The topological polar surface area (TPSA) is 33.3 Å². The SMILES string of the molecule is COc1c(Cl)cccc1NC1CCNCC1. The van der Waals surface area contributed by atoms with E-state index in [1.165, 1.54) is 0 Å². The van der Waals surface area contributed by atoms with Crippen LogP contribution in [0.15, 0.2) is 18.2 Å². The number of para-hydroxylation sites is 1.